The Hall–Kier alpha value is -2.55. The molecular weight excluding hydrogens is 286 g/mol. The van der Waals surface area contributed by atoms with E-state index in [-0.39, 0.29) is 11.8 Å². The number of para-hydroxylation sites is 2. The van der Waals surface area contributed by atoms with Gasteiger partial charge >= 0.3 is 0 Å². The van der Waals surface area contributed by atoms with Gasteiger partial charge in [-0.25, -0.2) is 0 Å². The molecular formula is C20H19NO2. The predicted molar refractivity (Wildman–Crippen MR) is 92.0 cm³/mol. The molecule has 1 aliphatic heterocycles. The number of benzene rings is 2. The van der Waals surface area contributed by atoms with Gasteiger partial charge in [-0.15, -0.1) is 0 Å². The van der Waals surface area contributed by atoms with Crippen molar-refractivity contribution in [1.82, 2.24) is 0 Å². The Labute approximate surface area is 135 Å². The molecule has 0 N–H and O–H groups in total. The molecule has 3 aromatic rings. The van der Waals surface area contributed by atoms with Crippen LogP contribution >= 0.6 is 0 Å². The molecule has 3 heteroatoms. The Balaban J connectivity index is 1.78. The van der Waals surface area contributed by atoms with Gasteiger partial charge in [0, 0.05) is 24.5 Å². The minimum absolute atomic E-state index is 0.141. The lowest BCUT2D eigenvalue weighted by Gasteiger charge is -2.10. The fourth-order valence-corrected chi connectivity index (χ4v) is 3.58. The zero-order valence-electron chi connectivity index (χ0n) is 13.6. The SMILES string of the molecule is Cc1c(C[C@@H]2C(=O)N(C)c3ccccc32)oc2c(C)cccc12. The lowest BCUT2D eigenvalue weighted by molar-refractivity contribution is -0.119. The summed E-state index contributed by atoms with van der Waals surface area (Å²) in [4.78, 5) is 14.4. The third kappa shape index (κ3) is 2.00. The summed E-state index contributed by atoms with van der Waals surface area (Å²) in [5.41, 5.74) is 5.31. The third-order valence-electron chi connectivity index (χ3n) is 4.95. The quantitative estimate of drug-likeness (QED) is 0.705. The summed E-state index contributed by atoms with van der Waals surface area (Å²) >= 11 is 0. The van der Waals surface area contributed by atoms with E-state index in [0.717, 1.165) is 39.1 Å². The number of carbonyl (C=O) groups is 1. The number of likely N-dealkylation sites (N-methyl/N-ethyl adjacent to an activating group) is 1. The number of anilines is 1. The van der Waals surface area contributed by atoms with Gasteiger partial charge in [0.2, 0.25) is 5.91 Å². The van der Waals surface area contributed by atoms with Crippen molar-refractivity contribution in [3.05, 3.63) is 64.9 Å². The van der Waals surface area contributed by atoms with Gasteiger partial charge in [0.1, 0.15) is 11.3 Å². The summed E-state index contributed by atoms with van der Waals surface area (Å²) in [6.07, 6.45) is 0.611. The van der Waals surface area contributed by atoms with Crippen LogP contribution in [0.1, 0.15) is 28.4 Å². The minimum atomic E-state index is -0.157. The molecule has 0 aliphatic carbocycles. The molecule has 116 valence electrons. The van der Waals surface area contributed by atoms with Crippen molar-refractivity contribution in [3.63, 3.8) is 0 Å². The van der Waals surface area contributed by atoms with Gasteiger partial charge in [-0.05, 0) is 36.6 Å². The fraction of sp³-hybridized carbons (Fsp3) is 0.250. The van der Waals surface area contributed by atoms with E-state index >= 15 is 0 Å². The molecule has 3 nitrogen and oxygen atoms in total. The van der Waals surface area contributed by atoms with Crippen molar-refractivity contribution in [2.24, 2.45) is 0 Å². The van der Waals surface area contributed by atoms with Crippen molar-refractivity contribution in [1.29, 1.82) is 0 Å². The normalized spacial score (nSPS) is 17.1. The second-order valence-corrected chi connectivity index (χ2v) is 6.31. The highest BCUT2D eigenvalue weighted by atomic mass is 16.3. The van der Waals surface area contributed by atoms with Gasteiger partial charge in [-0.2, -0.15) is 0 Å². The summed E-state index contributed by atoms with van der Waals surface area (Å²) in [5, 5.41) is 1.15. The largest absolute Gasteiger partial charge is 0.460 e. The Morgan fingerprint density at radius 2 is 1.87 bits per heavy atom. The Kier molecular flexibility index (Phi) is 3.05. The van der Waals surface area contributed by atoms with Crippen LogP contribution in [0.4, 0.5) is 5.69 Å². The lowest BCUT2D eigenvalue weighted by Crippen LogP contribution is -2.24. The first-order chi connectivity index (χ1) is 11.1. The van der Waals surface area contributed by atoms with Gasteiger partial charge in [0.15, 0.2) is 0 Å². The van der Waals surface area contributed by atoms with Gasteiger partial charge in [-0.1, -0.05) is 36.4 Å². The fourth-order valence-electron chi connectivity index (χ4n) is 3.58. The molecule has 1 atom stereocenters. The molecule has 1 amide bonds. The van der Waals surface area contributed by atoms with Crippen molar-refractivity contribution in [2.75, 3.05) is 11.9 Å². The highest BCUT2D eigenvalue weighted by Crippen LogP contribution is 2.39. The zero-order chi connectivity index (χ0) is 16.1. The molecule has 0 bridgehead atoms. The van der Waals surface area contributed by atoms with Gasteiger partial charge in [-0.3, -0.25) is 4.79 Å². The molecule has 0 spiro atoms. The second-order valence-electron chi connectivity index (χ2n) is 6.31. The number of fused-ring (bicyclic) bond motifs is 2. The van der Waals surface area contributed by atoms with Crippen molar-refractivity contribution < 1.29 is 9.21 Å². The molecule has 4 rings (SSSR count). The molecule has 0 unspecified atom stereocenters. The number of rotatable bonds is 2. The van der Waals surface area contributed by atoms with Crippen LogP contribution in [-0.4, -0.2) is 13.0 Å². The number of amides is 1. The first-order valence-electron chi connectivity index (χ1n) is 7.92. The van der Waals surface area contributed by atoms with E-state index in [2.05, 4.69) is 26.0 Å². The molecule has 0 saturated heterocycles. The van der Waals surface area contributed by atoms with E-state index in [1.54, 1.807) is 4.90 Å². The van der Waals surface area contributed by atoms with E-state index in [4.69, 9.17) is 4.42 Å². The highest BCUT2D eigenvalue weighted by molar-refractivity contribution is 6.04. The van der Waals surface area contributed by atoms with Crippen LogP contribution < -0.4 is 4.90 Å². The molecule has 0 radical (unpaired) electrons. The van der Waals surface area contributed by atoms with Crippen LogP contribution in [0.25, 0.3) is 11.0 Å². The summed E-state index contributed by atoms with van der Waals surface area (Å²) < 4.78 is 6.12. The molecule has 2 heterocycles. The maximum atomic E-state index is 12.6. The van der Waals surface area contributed by atoms with Crippen molar-refractivity contribution in [2.45, 2.75) is 26.2 Å². The Morgan fingerprint density at radius 1 is 1.09 bits per heavy atom. The minimum Gasteiger partial charge on any atom is -0.460 e. The first-order valence-corrected chi connectivity index (χ1v) is 7.92. The molecule has 0 fully saturated rings. The van der Waals surface area contributed by atoms with Crippen LogP contribution in [-0.2, 0) is 11.2 Å². The molecule has 2 aromatic carbocycles. The van der Waals surface area contributed by atoms with Gasteiger partial charge in [0.25, 0.3) is 0 Å². The van der Waals surface area contributed by atoms with Gasteiger partial charge < -0.3 is 9.32 Å². The molecule has 1 aliphatic rings. The highest BCUT2D eigenvalue weighted by Gasteiger charge is 2.35. The number of furan rings is 1. The Bertz CT molecular complexity index is 923. The summed E-state index contributed by atoms with van der Waals surface area (Å²) in [6, 6.07) is 14.2. The first kappa shape index (κ1) is 14.1. The van der Waals surface area contributed by atoms with Crippen LogP contribution in [0.5, 0.6) is 0 Å². The topological polar surface area (TPSA) is 33.5 Å². The van der Waals surface area contributed by atoms with Crippen LogP contribution in [0.2, 0.25) is 0 Å². The molecule has 0 saturated carbocycles. The zero-order valence-corrected chi connectivity index (χ0v) is 13.6. The number of hydrogen-bond acceptors (Lipinski definition) is 2. The van der Waals surface area contributed by atoms with Crippen LogP contribution in [0.15, 0.2) is 46.9 Å². The average molecular weight is 305 g/mol. The molecule has 23 heavy (non-hydrogen) atoms. The smallest absolute Gasteiger partial charge is 0.234 e. The Morgan fingerprint density at radius 3 is 2.65 bits per heavy atom. The summed E-state index contributed by atoms with van der Waals surface area (Å²) in [6.45, 7) is 4.13. The van der Waals surface area contributed by atoms with Crippen LogP contribution in [0.3, 0.4) is 0 Å². The van der Waals surface area contributed by atoms with Crippen molar-refractivity contribution >= 4 is 22.6 Å². The monoisotopic (exact) mass is 305 g/mol. The maximum Gasteiger partial charge on any atom is 0.234 e. The standard InChI is InChI=1S/C20H19NO2/c1-12-7-6-9-14-13(2)18(23-19(12)14)11-16-15-8-4-5-10-17(15)21(3)20(16)22/h4-10,16H,11H2,1-3H3/t16-/m0/s1. The van der Waals surface area contributed by atoms with E-state index < -0.39 is 0 Å². The number of aryl methyl sites for hydroxylation is 2. The summed E-state index contributed by atoms with van der Waals surface area (Å²) in [7, 11) is 1.84. The summed E-state index contributed by atoms with van der Waals surface area (Å²) in [5.74, 6) is 0.899. The predicted octanol–water partition coefficient (Wildman–Crippen LogP) is 4.35. The molecule has 1 aromatic heterocycles. The van der Waals surface area contributed by atoms with E-state index in [1.807, 2.05) is 37.4 Å². The maximum absolute atomic E-state index is 12.6. The van der Waals surface area contributed by atoms with Crippen molar-refractivity contribution in [3.8, 4) is 0 Å². The van der Waals surface area contributed by atoms with E-state index in [9.17, 15) is 4.79 Å². The second kappa shape index (κ2) is 4.98. The van der Waals surface area contributed by atoms with E-state index in [1.165, 1.54) is 0 Å². The lowest BCUT2D eigenvalue weighted by atomic mass is 9.94. The average Bonchev–Trinajstić information content (AvgIpc) is 3.00. The van der Waals surface area contributed by atoms with Crippen LogP contribution in [0, 0.1) is 13.8 Å². The number of nitrogens with zero attached hydrogens (tertiary/aromatic N) is 1. The number of hydrogen-bond donors (Lipinski definition) is 0. The van der Waals surface area contributed by atoms with E-state index in [0.29, 0.717) is 6.42 Å². The third-order valence-corrected chi connectivity index (χ3v) is 4.95. The van der Waals surface area contributed by atoms with Gasteiger partial charge in [0.05, 0.1) is 5.92 Å². The number of carbonyl (C=O) groups excluding carboxylic acids is 1.